The summed E-state index contributed by atoms with van der Waals surface area (Å²) in [5, 5.41) is 12.7. The van der Waals surface area contributed by atoms with Gasteiger partial charge in [0.15, 0.2) is 0 Å². The van der Waals surface area contributed by atoms with Crippen LogP contribution in [0.1, 0.15) is 24.2 Å². The zero-order valence-electron chi connectivity index (χ0n) is 10.7. The molecule has 0 bridgehead atoms. The van der Waals surface area contributed by atoms with Gasteiger partial charge >= 0.3 is 5.97 Å². The number of rotatable bonds is 6. The zero-order chi connectivity index (χ0) is 13.7. The van der Waals surface area contributed by atoms with E-state index in [1.54, 1.807) is 19.2 Å². The van der Waals surface area contributed by atoms with Crippen LogP contribution in [0.5, 0.6) is 0 Å². The lowest BCUT2D eigenvalue weighted by Gasteiger charge is -2.23. The largest absolute Gasteiger partial charge is 0.478 e. The van der Waals surface area contributed by atoms with Crippen molar-refractivity contribution in [3.8, 4) is 0 Å². The summed E-state index contributed by atoms with van der Waals surface area (Å²) >= 11 is 5.81. The molecular formula is C13H18ClNO3. The van der Waals surface area contributed by atoms with E-state index in [1.165, 1.54) is 6.07 Å². The second kappa shape index (κ2) is 6.61. The minimum absolute atomic E-state index is 0.0503. The van der Waals surface area contributed by atoms with E-state index in [0.29, 0.717) is 23.2 Å². The number of anilines is 1. The maximum atomic E-state index is 11.2. The average Bonchev–Trinajstić information content (AvgIpc) is 2.30. The molecule has 0 aromatic heterocycles. The van der Waals surface area contributed by atoms with Crippen LogP contribution in [0.2, 0.25) is 5.02 Å². The molecule has 0 aliphatic carbocycles. The minimum atomic E-state index is -1.00. The summed E-state index contributed by atoms with van der Waals surface area (Å²) in [4.78, 5) is 11.2. The molecule has 18 heavy (non-hydrogen) atoms. The number of hydrogen-bond donors (Lipinski definition) is 2. The predicted octanol–water partition coefficient (Wildman–Crippen LogP) is 3.12. The quantitative estimate of drug-likeness (QED) is 0.835. The number of ether oxygens (including phenoxy) is 1. The average molecular weight is 272 g/mol. The second-order valence-electron chi connectivity index (χ2n) is 4.45. The summed E-state index contributed by atoms with van der Waals surface area (Å²) < 4.78 is 5.13. The lowest BCUT2D eigenvalue weighted by Crippen LogP contribution is -2.31. The lowest BCUT2D eigenvalue weighted by atomic mass is 10.0. The Bertz CT molecular complexity index is 421. The van der Waals surface area contributed by atoms with Gasteiger partial charge < -0.3 is 15.2 Å². The Hall–Kier alpha value is -1.26. The molecule has 100 valence electrons. The molecular weight excluding hydrogens is 254 g/mol. The summed E-state index contributed by atoms with van der Waals surface area (Å²) in [7, 11) is 1.62. The van der Waals surface area contributed by atoms with Crippen molar-refractivity contribution in [3.05, 3.63) is 28.8 Å². The molecule has 1 unspecified atom stereocenters. The summed E-state index contributed by atoms with van der Waals surface area (Å²) in [5.41, 5.74) is 0.729. The number of carbonyl (C=O) groups is 1. The van der Waals surface area contributed by atoms with Crippen molar-refractivity contribution >= 4 is 23.3 Å². The molecule has 0 spiro atoms. The van der Waals surface area contributed by atoms with Crippen molar-refractivity contribution in [1.82, 2.24) is 0 Å². The van der Waals surface area contributed by atoms with Crippen LogP contribution in [0.15, 0.2) is 18.2 Å². The molecule has 4 nitrogen and oxygen atoms in total. The molecule has 2 N–H and O–H groups in total. The molecule has 0 heterocycles. The summed E-state index contributed by atoms with van der Waals surface area (Å²) in [5.74, 6) is -0.679. The first-order valence-corrected chi connectivity index (χ1v) is 6.11. The SMILES string of the molecule is COCC(Nc1ccc(Cl)cc1C(=O)O)C(C)C. The van der Waals surface area contributed by atoms with Gasteiger partial charge in [0.25, 0.3) is 0 Å². The molecule has 0 saturated carbocycles. The molecule has 1 aromatic rings. The van der Waals surface area contributed by atoms with E-state index in [0.717, 1.165) is 0 Å². The van der Waals surface area contributed by atoms with Gasteiger partial charge in [-0.05, 0) is 24.1 Å². The van der Waals surface area contributed by atoms with Crippen molar-refractivity contribution in [3.63, 3.8) is 0 Å². The van der Waals surface area contributed by atoms with Crippen LogP contribution in [0.4, 0.5) is 5.69 Å². The number of methoxy groups -OCH3 is 1. The Morgan fingerprint density at radius 2 is 2.17 bits per heavy atom. The second-order valence-corrected chi connectivity index (χ2v) is 4.88. The predicted molar refractivity (Wildman–Crippen MR) is 72.5 cm³/mol. The Balaban J connectivity index is 2.98. The first kappa shape index (κ1) is 14.8. The van der Waals surface area contributed by atoms with Crippen molar-refractivity contribution < 1.29 is 14.6 Å². The molecule has 0 aliphatic rings. The van der Waals surface area contributed by atoms with Crippen LogP contribution in [0.3, 0.4) is 0 Å². The maximum Gasteiger partial charge on any atom is 0.337 e. The van der Waals surface area contributed by atoms with Crippen molar-refractivity contribution in [1.29, 1.82) is 0 Å². The first-order valence-electron chi connectivity index (χ1n) is 5.74. The number of aromatic carboxylic acids is 1. The maximum absolute atomic E-state index is 11.2. The Morgan fingerprint density at radius 1 is 1.50 bits per heavy atom. The van der Waals surface area contributed by atoms with E-state index in [-0.39, 0.29) is 11.6 Å². The highest BCUT2D eigenvalue weighted by Gasteiger charge is 2.17. The molecule has 0 saturated heterocycles. The number of carboxylic acid groups (broad SMARTS) is 1. The van der Waals surface area contributed by atoms with Crippen molar-refractivity contribution in [2.75, 3.05) is 19.0 Å². The van der Waals surface area contributed by atoms with E-state index < -0.39 is 5.97 Å². The van der Waals surface area contributed by atoms with E-state index in [4.69, 9.17) is 21.4 Å². The number of benzene rings is 1. The minimum Gasteiger partial charge on any atom is -0.478 e. The Labute approximate surface area is 112 Å². The highest BCUT2D eigenvalue weighted by Crippen LogP contribution is 2.22. The third-order valence-corrected chi connectivity index (χ3v) is 2.94. The summed E-state index contributed by atoms with van der Waals surface area (Å²) in [6.45, 7) is 4.61. The molecule has 0 aliphatic heterocycles. The molecule has 1 atom stereocenters. The molecule has 0 amide bonds. The molecule has 1 aromatic carbocycles. The molecule has 0 fully saturated rings. The third kappa shape index (κ3) is 3.89. The van der Waals surface area contributed by atoms with Crippen LogP contribution in [0, 0.1) is 5.92 Å². The molecule has 0 radical (unpaired) electrons. The van der Waals surface area contributed by atoms with Crippen LogP contribution in [-0.2, 0) is 4.74 Å². The Morgan fingerprint density at radius 3 is 2.67 bits per heavy atom. The normalized spacial score (nSPS) is 12.5. The fourth-order valence-corrected chi connectivity index (χ4v) is 1.77. The third-order valence-electron chi connectivity index (χ3n) is 2.70. The number of nitrogens with one attached hydrogen (secondary N) is 1. The number of hydrogen-bond acceptors (Lipinski definition) is 3. The van der Waals surface area contributed by atoms with E-state index in [2.05, 4.69) is 5.32 Å². The van der Waals surface area contributed by atoms with Crippen LogP contribution in [0.25, 0.3) is 0 Å². The number of halogens is 1. The van der Waals surface area contributed by atoms with Crippen molar-refractivity contribution in [2.45, 2.75) is 19.9 Å². The van der Waals surface area contributed by atoms with Gasteiger partial charge in [0.2, 0.25) is 0 Å². The smallest absolute Gasteiger partial charge is 0.337 e. The van der Waals surface area contributed by atoms with E-state index >= 15 is 0 Å². The fourth-order valence-electron chi connectivity index (χ4n) is 1.60. The zero-order valence-corrected chi connectivity index (χ0v) is 11.5. The standard InChI is InChI=1S/C13H18ClNO3/c1-8(2)12(7-18-3)15-11-5-4-9(14)6-10(11)13(16)17/h4-6,8,12,15H,7H2,1-3H3,(H,16,17). The van der Waals surface area contributed by atoms with Crippen LogP contribution >= 0.6 is 11.6 Å². The van der Waals surface area contributed by atoms with Gasteiger partial charge in [0.1, 0.15) is 0 Å². The van der Waals surface area contributed by atoms with Gasteiger partial charge in [-0.15, -0.1) is 0 Å². The van der Waals surface area contributed by atoms with E-state index in [9.17, 15) is 4.79 Å². The highest BCUT2D eigenvalue weighted by atomic mass is 35.5. The Kier molecular flexibility index (Phi) is 5.44. The highest BCUT2D eigenvalue weighted by molar-refractivity contribution is 6.31. The van der Waals surface area contributed by atoms with Gasteiger partial charge in [0.05, 0.1) is 18.2 Å². The summed E-state index contributed by atoms with van der Waals surface area (Å²) in [6, 6.07) is 4.84. The van der Waals surface area contributed by atoms with Gasteiger partial charge in [-0.2, -0.15) is 0 Å². The first-order chi connectivity index (χ1) is 8.45. The topological polar surface area (TPSA) is 58.6 Å². The lowest BCUT2D eigenvalue weighted by molar-refractivity contribution is 0.0697. The van der Waals surface area contributed by atoms with Gasteiger partial charge in [-0.3, -0.25) is 0 Å². The molecule has 1 rings (SSSR count). The van der Waals surface area contributed by atoms with Gasteiger partial charge in [-0.25, -0.2) is 4.79 Å². The summed E-state index contributed by atoms with van der Waals surface area (Å²) in [6.07, 6.45) is 0. The van der Waals surface area contributed by atoms with Gasteiger partial charge in [-0.1, -0.05) is 25.4 Å². The van der Waals surface area contributed by atoms with Crippen LogP contribution < -0.4 is 5.32 Å². The van der Waals surface area contributed by atoms with E-state index in [1.807, 2.05) is 13.8 Å². The van der Waals surface area contributed by atoms with Crippen LogP contribution in [-0.4, -0.2) is 30.8 Å². The fraction of sp³-hybridized carbons (Fsp3) is 0.462. The monoisotopic (exact) mass is 271 g/mol. The van der Waals surface area contributed by atoms with Crippen molar-refractivity contribution in [2.24, 2.45) is 5.92 Å². The van der Waals surface area contributed by atoms with Gasteiger partial charge in [0, 0.05) is 17.8 Å². The molecule has 5 heteroatoms. The number of carboxylic acids is 1.